The first-order chi connectivity index (χ1) is 9.02. The molecule has 0 heterocycles. The predicted octanol–water partition coefficient (Wildman–Crippen LogP) is 4.14. The number of allylic oxidation sites excluding steroid dienone is 2. The summed E-state index contributed by atoms with van der Waals surface area (Å²) in [6, 6.07) is 0. The van der Waals surface area contributed by atoms with E-state index in [0.29, 0.717) is 6.29 Å². The molecule has 0 unspecified atom stereocenters. The minimum absolute atomic E-state index is 0.0329. The molecule has 0 aliphatic heterocycles. The summed E-state index contributed by atoms with van der Waals surface area (Å²) in [6.07, 6.45) is 1.49. The SMILES string of the molecule is C=C(C=O)/C(=C\C(=C)[N+](=O)[O-])OC.CC.CC.CC. The summed E-state index contributed by atoms with van der Waals surface area (Å²) in [4.78, 5) is 19.7. The largest absolute Gasteiger partial charge is 0.496 e. The van der Waals surface area contributed by atoms with Crippen LogP contribution in [0.5, 0.6) is 0 Å². The van der Waals surface area contributed by atoms with E-state index in [0.717, 1.165) is 6.08 Å². The van der Waals surface area contributed by atoms with Crippen LogP contribution in [0.4, 0.5) is 0 Å². The molecule has 0 saturated heterocycles. The number of aldehydes is 1. The fraction of sp³-hybridized carbons (Fsp3) is 0.500. The summed E-state index contributed by atoms with van der Waals surface area (Å²) >= 11 is 0. The molecule has 5 heteroatoms. The lowest BCUT2D eigenvalue weighted by atomic mass is 10.2. The molecule has 5 nitrogen and oxygen atoms in total. The summed E-state index contributed by atoms with van der Waals surface area (Å²) in [5.74, 6) is 0.0386. The fourth-order valence-corrected chi connectivity index (χ4v) is 0.545. The van der Waals surface area contributed by atoms with Gasteiger partial charge in [0, 0.05) is 5.57 Å². The van der Waals surface area contributed by atoms with Crippen LogP contribution in [-0.2, 0) is 9.53 Å². The lowest BCUT2D eigenvalue weighted by Crippen LogP contribution is -1.98. The molecular weight excluding hydrogens is 246 g/mol. The topological polar surface area (TPSA) is 69.4 Å². The van der Waals surface area contributed by atoms with Crippen molar-refractivity contribution in [2.75, 3.05) is 7.11 Å². The number of nitro groups is 1. The first-order valence-corrected chi connectivity index (χ1v) is 6.26. The van der Waals surface area contributed by atoms with Crippen molar-refractivity contribution in [3.63, 3.8) is 0 Å². The van der Waals surface area contributed by atoms with Gasteiger partial charge in [-0.25, -0.2) is 0 Å². The van der Waals surface area contributed by atoms with Crippen LogP contribution < -0.4 is 0 Å². The van der Waals surface area contributed by atoms with Crippen molar-refractivity contribution in [1.29, 1.82) is 0 Å². The third kappa shape index (κ3) is 16.1. The average molecular weight is 273 g/mol. The molecule has 0 aliphatic carbocycles. The molecule has 0 fully saturated rings. The van der Waals surface area contributed by atoms with Gasteiger partial charge in [-0.05, 0) is 6.58 Å². The number of carbonyl (C=O) groups is 1. The zero-order valence-electron chi connectivity index (χ0n) is 13.1. The highest BCUT2D eigenvalue weighted by molar-refractivity contribution is 5.78. The second kappa shape index (κ2) is 21.4. The summed E-state index contributed by atoms with van der Waals surface area (Å²) < 4.78 is 4.69. The Hall–Kier alpha value is -1.91. The predicted molar refractivity (Wildman–Crippen MR) is 80.5 cm³/mol. The van der Waals surface area contributed by atoms with Crippen molar-refractivity contribution >= 4 is 6.29 Å². The van der Waals surface area contributed by atoms with Gasteiger partial charge in [0.05, 0.1) is 18.1 Å². The average Bonchev–Trinajstić information content (AvgIpc) is 2.49. The van der Waals surface area contributed by atoms with Gasteiger partial charge in [-0.3, -0.25) is 14.9 Å². The minimum Gasteiger partial charge on any atom is -0.496 e. The second-order valence-electron chi connectivity index (χ2n) is 2.10. The van der Waals surface area contributed by atoms with E-state index >= 15 is 0 Å². The molecule has 0 saturated carbocycles. The van der Waals surface area contributed by atoms with Crippen LogP contribution in [-0.4, -0.2) is 18.3 Å². The van der Waals surface area contributed by atoms with E-state index in [4.69, 9.17) is 0 Å². The molecule has 0 spiro atoms. The van der Waals surface area contributed by atoms with Crippen molar-refractivity contribution in [2.45, 2.75) is 41.5 Å². The highest BCUT2D eigenvalue weighted by Crippen LogP contribution is 2.09. The van der Waals surface area contributed by atoms with E-state index in [1.165, 1.54) is 7.11 Å². The van der Waals surface area contributed by atoms with E-state index in [1.807, 2.05) is 41.5 Å². The molecule has 0 aliphatic rings. The Morgan fingerprint density at radius 2 is 1.47 bits per heavy atom. The molecule has 0 atom stereocenters. The van der Waals surface area contributed by atoms with Gasteiger partial charge in [-0.2, -0.15) is 0 Å². The summed E-state index contributed by atoms with van der Waals surface area (Å²) in [5.41, 5.74) is -0.328. The number of nitrogens with zero attached hydrogens (tertiary/aromatic N) is 1. The van der Waals surface area contributed by atoms with Gasteiger partial charge < -0.3 is 4.74 Å². The highest BCUT2D eigenvalue weighted by Gasteiger charge is 2.08. The Morgan fingerprint density at radius 1 is 1.11 bits per heavy atom. The van der Waals surface area contributed by atoms with E-state index < -0.39 is 4.92 Å². The van der Waals surface area contributed by atoms with Gasteiger partial charge in [-0.1, -0.05) is 48.1 Å². The third-order valence-corrected chi connectivity index (χ3v) is 1.21. The Balaban J connectivity index is -0.000000163. The van der Waals surface area contributed by atoms with Crippen molar-refractivity contribution < 1.29 is 14.5 Å². The van der Waals surface area contributed by atoms with Gasteiger partial charge in [-0.15, -0.1) is 0 Å². The summed E-state index contributed by atoms with van der Waals surface area (Å²) in [5, 5.41) is 10.1. The number of methoxy groups -OCH3 is 1. The van der Waals surface area contributed by atoms with E-state index in [-0.39, 0.29) is 17.0 Å². The normalized spacial score (nSPS) is 8.05. The van der Waals surface area contributed by atoms with Crippen LogP contribution in [0.3, 0.4) is 0 Å². The lowest BCUT2D eigenvalue weighted by molar-refractivity contribution is -0.418. The number of ether oxygens (including phenoxy) is 1. The Labute approximate surface area is 116 Å². The second-order valence-corrected chi connectivity index (χ2v) is 2.10. The monoisotopic (exact) mass is 273 g/mol. The molecule has 0 bridgehead atoms. The minimum atomic E-state index is -0.683. The molecule has 19 heavy (non-hydrogen) atoms. The Bertz CT molecular complexity index is 294. The van der Waals surface area contributed by atoms with Crippen molar-refractivity contribution in [3.8, 4) is 0 Å². The van der Waals surface area contributed by atoms with Crippen molar-refractivity contribution in [2.24, 2.45) is 0 Å². The van der Waals surface area contributed by atoms with E-state index in [1.54, 1.807) is 0 Å². The van der Waals surface area contributed by atoms with Gasteiger partial charge in [0.25, 0.3) is 5.70 Å². The molecule has 112 valence electrons. The Kier molecular flexibility index (Phi) is 29.1. The van der Waals surface area contributed by atoms with Crippen LogP contribution in [0.1, 0.15) is 41.5 Å². The third-order valence-electron chi connectivity index (χ3n) is 1.21. The summed E-state index contributed by atoms with van der Waals surface area (Å²) in [7, 11) is 1.29. The lowest BCUT2D eigenvalue weighted by Gasteiger charge is -2.01. The maximum atomic E-state index is 10.2. The van der Waals surface area contributed by atoms with Gasteiger partial charge in [0.2, 0.25) is 0 Å². The quantitative estimate of drug-likeness (QED) is 0.188. The van der Waals surface area contributed by atoms with Crippen LogP contribution >= 0.6 is 0 Å². The fourth-order valence-electron chi connectivity index (χ4n) is 0.545. The Morgan fingerprint density at radius 3 is 1.68 bits per heavy atom. The first-order valence-electron chi connectivity index (χ1n) is 6.26. The van der Waals surface area contributed by atoms with Crippen LogP contribution in [0.15, 0.2) is 36.3 Å². The maximum absolute atomic E-state index is 10.2. The van der Waals surface area contributed by atoms with Crippen LogP contribution in [0.2, 0.25) is 0 Å². The summed E-state index contributed by atoms with van der Waals surface area (Å²) in [6.45, 7) is 18.5. The molecule has 0 amide bonds. The molecule has 0 radical (unpaired) electrons. The number of hydrogen-bond donors (Lipinski definition) is 0. The zero-order chi connectivity index (χ0) is 16.4. The van der Waals surface area contributed by atoms with Crippen molar-refractivity contribution in [1.82, 2.24) is 0 Å². The standard InChI is InChI=1S/C8H9NO4.3C2H6/c1-6(5-10)8(13-3)4-7(2)9(11)12;3*1-2/h4-5H,1-2H2,3H3;3*1-2H3/b8-4+;;;. The number of hydrogen-bond acceptors (Lipinski definition) is 4. The van der Waals surface area contributed by atoms with Gasteiger partial charge in [0.15, 0.2) is 6.29 Å². The number of carbonyl (C=O) groups excluding carboxylic acids is 1. The maximum Gasteiger partial charge on any atom is 0.266 e. The van der Waals surface area contributed by atoms with E-state index in [9.17, 15) is 14.9 Å². The highest BCUT2D eigenvalue weighted by atomic mass is 16.6. The van der Waals surface area contributed by atoms with Crippen LogP contribution in [0, 0.1) is 10.1 Å². The molecule has 0 aromatic rings. The van der Waals surface area contributed by atoms with E-state index in [2.05, 4.69) is 17.9 Å². The van der Waals surface area contributed by atoms with Crippen molar-refractivity contribution in [3.05, 3.63) is 46.4 Å². The zero-order valence-corrected chi connectivity index (χ0v) is 13.1. The smallest absolute Gasteiger partial charge is 0.266 e. The van der Waals surface area contributed by atoms with Crippen LogP contribution in [0.25, 0.3) is 0 Å². The molecular formula is C14H27NO4. The molecule has 0 aromatic carbocycles. The van der Waals surface area contributed by atoms with Gasteiger partial charge >= 0.3 is 0 Å². The molecule has 0 rings (SSSR count). The first kappa shape index (κ1) is 25.8. The molecule has 0 N–H and O–H groups in total. The van der Waals surface area contributed by atoms with Gasteiger partial charge in [0.1, 0.15) is 5.76 Å². The number of rotatable bonds is 5. The molecule has 0 aromatic heterocycles.